The zero-order valence-corrected chi connectivity index (χ0v) is 14.2. The SMILES string of the molecule is CC(C)OC(=O)c1ccccc1C(=O)O.O=Cc1ccccc1C(=O)O. The molecule has 2 rings (SSSR count). The molecule has 0 aliphatic carbocycles. The van der Waals surface area contributed by atoms with Gasteiger partial charge in [-0.2, -0.15) is 0 Å². The van der Waals surface area contributed by atoms with Crippen LogP contribution in [0.25, 0.3) is 0 Å². The normalized spacial score (nSPS) is 9.65. The highest BCUT2D eigenvalue weighted by molar-refractivity contribution is 6.02. The number of benzene rings is 2. The molecule has 2 aromatic carbocycles. The van der Waals surface area contributed by atoms with E-state index >= 15 is 0 Å². The summed E-state index contributed by atoms with van der Waals surface area (Å²) in [5.74, 6) is -2.82. The maximum atomic E-state index is 11.5. The lowest BCUT2D eigenvalue weighted by Crippen LogP contribution is -2.15. The third-order valence-electron chi connectivity index (χ3n) is 3.04. The molecule has 0 amide bonds. The number of aromatic carboxylic acids is 2. The van der Waals surface area contributed by atoms with E-state index in [4.69, 9.17) is 14.9 Å². The van der Waals surface area contributed by atoms with Gasteiger partial charge in [0.15, 0.2) is 6.29 Å². The van der Waals surface area contributed by atoms with Crippen molar-refractivity contribution in [1.82, 2.24) is 0 Å². The summed E-state index contributed by atoms with van der Waals surface area (Å²) in [6.45, 7) is 3.42. The van der Waals surface area contributed by atoms with Crippen molar-refractivity contribution in [2.75, 3.05) is 0 Å². The minimum Gasteiger partial charge on any atom is -0.478 e. The van der Waals surface area contributed by atoms with E-state index in [0.29, 0.717) is 6.29 Å². The summed E-state index contributed by atoms with van der Waals surface area (Å²) in [4.78, 5) is 43.0. The first-order valence-electron chi connectivity index (χ1n) is 7.58. The third-order valence-corrected chi connectivity index (χ3v) is 3.04. The number of carboxylic acid groups (broad SMARTS) is 2. The van der Waals surface area contributed by atoms with Crippen LogP contribution >= 0.6 is 0 Å². The second kappa shape index (κ2) is 9.73. The number of aldehydes is 1. The number of rotatable bonds is 5. The Morgan fingerprint density at radius 3 is 1.73 bits per heavy atom. The van der Waals surface area contributed by atoms with E-state index in [1.807, 2.05) is 0 Å². The van der Waals surface area contributed by atoms with Crippen LogP contribution in [-0.2, 0) is 4.74 Å². The topological polar surface area (TPSA) is 118 Å². The van der Waals surface area contributed by atoms with Crippen LogP contribution < -0.4 is 0 Å². The average Bonchev–Trinajstić information content (AvgIpc) is 2.61. The molecule has 0 aliphatic rings. The van der Waals surface area contributed by atoms with Gasteiger partial charge in [-0.1, -0.05) is 30.3 Å². The third kappa shape index (κ3) is 5.86. The lowest BCUT2D eigenvalue weighted by atomic mass is 10.1. The Kier molecular flexibility index (Phi) is 7.69. The number of ether oxygens (including phenoxy) is 1. The fourth-order valence-electron chi connectivity index (χ4n) is 1.92. The summed E-state index contributed by atoms with van der Waals surface area (Å²) in [6.07, 6.45) is 0.267. The van der Waals surface area contributed by atoms with Crippen LogP contribution in [0.4, 0.5) is 0 Å². The minimum atomic E-state index is -1.13. The molecule has 0 saturated heterocycles. The average molecular weight is 358 g/mol. The van der Waals surface area contributed by atoms with Gasteiger partial charge in [0.1, 0.15) is 0 Å². The predicted molar refractivity (Wildman–Crippen MR) is 92.7 cm³/mol. The molecule has 0 heterocycles. The van der Waals surface area contributed by atoms with Gasteiger partial charge in [0.2, 0.25) is 0 Å². The molecule has 0 saturated carbocycles. The Bertz CT molecular complexity index is 809. The summed E-state index contributed by atoms with van der Waals surface area (Å²) >= 11 is 0. The van der Waals surface area contributed by atoms with Crippen LogP contribution in [0.5, 0.6) is 0 Å². The van der Waals surface area contributed by atoms with Crippen LogP contribution in [0.3, 0.4) is 0 Å². The molecule has 0 unspecified atom stereocenters. The van der Waals surface area contributed by atoms with E-state index in [2.05, 4.69) is 0 Å². The van der Waals surface area contributed by atoms with Gasteiger partial charge in [-0.3, -0.25) is 4.79 Å². The first-order chi connectivity index (χ1) is 12.3. The smallest absolute Gasteiger partial charge is 0.339 e. The molecule has 0 atom stereocenters. The second-order valence-corrected chi connectivity index (χ2v) is 5.32. The number of esters is 1. The van der Waals surface area contributed by atoms with Crippen molar-refractivity contribution in [3.63, 3.8) is 0 Å². The Morgan fingerprint density at radius 1 is 0.846 bits per heavy atom. The number of carboxylic acids is 2. The van der Waals surface area contributed by atoms with E-state index < -0.39 is 17.9 Å². The molecular formula is C19H18O7. The lowest BCUT2D eigenvalue weighted by Gasteiger charge is -2.09. The maximum Gasteiger partial charge on any atom is 0.339 e. The van der Waals surface area contributed by atoms with Crippen molar-refractivity contribution in [2.45, 2.75) is 20.0 Å². The second-order valence-electron chi connectivity index (χ2n) is 5.32. The summed E-state index contributed by atoms with van der Waals surface area (Å²) in [5, 5.41) is 17.4. The van der Waals surface area contributed by atoms with E-state index in [9.17, 15) is 19.2 Å². The highest BCUT2D eigenvalue weighted by Crippen LogP contribution is 2.11. The highest BCUT2D eigenvalue weighted by atomic mass is 16.5. The molecule has 0 aliphatic heterocycles. The van der Waals surface area contributed by atoms with Gasteiger partial charge in [-0.05, 0) is 32.0 Å². The fraction of sp³-hybridized carbons (Fsp3) is 0.158. The number of hydrogen-bond acceptors (Lipinski definition) is 5. The van der Waals surface area contributed by atoms with Crippen LogP contribution in [0.15, 0.2) is 48.5 Å². The van der Waals surface area contributed by atoms with Gasteiger partial charge in [-0.25, -0.2) is 14.4 Å². The molecule has 2 N–H and O–H groups in total. The molecule has 7 heteroatoms. The monoisotopic (exact) mass is 358 g/mol. The van der Waals surface area contributed by atoms with E-state index in [0.717, 1.165) is 0 Å². The quantitative estimate of drug-likeness (QED) is 0.622. The van der Waals surface area contributed by atoms with Gasteiger partial charge < -0.3 is 14.9 Å². The summed E-state index contributed by atoms with van der Waals surface area (Å²) in [6, 6.07) is 12.0. The van der Waals surface area contributed by atoms with Crippen LogP contribution in [0.2, 0.25) is 0 Å². The van der Waals surface area contributed by atoms with E-state index in [1.165, 1.54) is 24.3 Å². The Hall–Kier alpha value is -3.48. The van der Waals surface area contributed by atoms with Gasteiger partial charge in [0.25, 0.3) is 0 Å². The molecular weight excluding hydrogens is 340 g/mol. The molecule has 0 fully saturated rings. The maximum absolute atomic E-state index is 11.5. The molecule has 0 aromatic heterocycles. The first-order valence-corrected chi connectivity index (χ1v) is 7.58. The zero-order chi connectivity index (χ0) is 19.7. The summed E-state index contributed by atoms with van der Waals surface area (Å²) < 4.78 is 4.92. The largest absolute Gasteiger partial charge is 0.478 e. The zero-order valence-electron chi connectivity index (χ0n) is 14.2. The molecule has 136 valence electrons. The van der Waals surface area contributed by atoms with Crippen LogP contribution in [0, 0.1) is 0 Å². The molecule has 0 bridgehead atoms. The van der Waals surface area contributed by atoms with Crippen molar-refractivity contribution >= 4 is 24.2 Å². The lowest BCUT2D eigenvalue weighted by molar-refractivity contribution is 0.0370. The van der Waals surface area contributed by atoms with Crippen LogP contribution in [-0.4, -0.2) is 40.5 Å². The number of hydrogen-bond donors (Lipinski definition) is 2. The van der Waals surface area contributed by atoms with Gasteiger partial charge in [0, 0.05) is 5.56 Å². The van der Waals surface area contributed by atoms with Crippen molar-refractivity contribution in [3.8, 4) is 0 Å². The van der Waals surface area contributed by atoms with Gasteiger partial charge in [0.05, 0.1) is 22.8 Å². The standard InChI is InChI=1S/C11H12O4.C8H6O3/c1-7(2)15-11(14)9-6-4-3-5-8(9)10(12)13;9-5-6-3-1-2-4-7(6)8(10)11/h3-7H,1-2H3,(H,12,13);1-5H,(H,10,11). The van der Waals surface area contributed by atoms with Crippen molar-refractivity contribution in [3.05, 3.63) is 70.8 Å². The molecule has 7 nitrogen and oxygen atoms in total. The fourth-order valence-corrected chi connectivity index (χ4v) is 1.92. The van der Waals surface area contributed by atoms with E-state index in [1.54, 1.807) is 38.1 Å². The highest BCUT2D eigenvalue weighted by Gasteiger charge is 2.17. The molecule has 0 spiro atoms. The van der Waals surface area contributed by atoms with Crippen LogP contribution in [0.1, 0.15) is 55.3 Å². The van der Waals surface area contributed by atoms with Crippen molar-refractivity contribution in [2.24, 2.45) is 0 Å². The van der Waals surface area contributed by atoms with E-state index in [-0.39, 0.29) is 28.4 Å². The molecule has 0 radical (unpaired) electrons. The number of carbonyl (C=O) groups excluding carboxylic acids is 2. The Morgan fingerprint density at radius 2 is 1.31 bits per heavy atom. The number of carbonyl (C=O) groups is 4. The van der Waals surface area contributed by atoms with Gasteiger partial charge in [-0.15, -0.1) is 0 Å². The van der Waals surface area contributed by atoms with Gasteiger partial charge >= 0.3 is 17.9 Å². The Balaban J connectivity index is 0.000000273. The predicted octanol–water partition coefficient (Wildman–Crippen LogP) is 3.15. The minimum absolute atomic E-state index is 0.0387. The van der Waals surface area contributed by atoms with Crippen molar-refractivity contribution < 1.29 is 34.1 Å². The summed E-state index contributed by atoms with van der Waals surface area (Å²) in [7, 11) is 0. The Labute approximate surface area is 149 Å². The first kappa shape index (κ1) is 20.6. The van der Waals surface area contributed by atoms with Crippen molar-refractivity contribution in [1.29, 1.82) is 0 Å². The molecule has 2 aromatic rings. The molecule has 26 heavy (non-hydrogen) atoms. The summed E-state index contributed by atoms with van der Waals surface area (Å²) in [5.41, 5.74) is 0.296.